The molecule has 2 aromatic heterocycles. The molecular formula is C34H46FN5O3. The van der Waals surface area contributed by atoms with Crippen molar-refractivity contribution in [1.29, 1.82) is 0 Å². The Morgan fingerprint density at radius 3 is 2.37 bits per heavy atom. The number of amides is 2. The topological polar surface area (TPSA) is 87.5 Å². The summed E-state index contributed by atoms with van der Waals surface area (Å²) in [5, 5.41) is 4.25. The first-order valence-corrected chi connectivity index (χ1v) is 15.4. The van der Waals surface area contributed by atoms with E-state index in [9.17, 15) is 18.8 Å². The minimum absolute atomic E-state index is 0.0106. The second kappa shape index (κ2) is 13.4. The van der Waals surface area contributed by atoms with Gasteiger partial charge in [0.05, 0.1) is 17.8 Å². The van der Waals surface area contributed by atoms with Gasteiger partial charge in [-0.2, -0.15) is 0 Å². The number of hydrogen-bond donors (Lipinski definition) is 1. The number of carbonyl (C=O) groups excluding carboxylic acids is 3. The molecule has 1 atom stereocenters. The summed E-state index contributed by atoms with van der Waals surface area (Å²) < 4.78 is 16.4. The van der Waals surface area contributed by atoms with Crippen LogP contribution in [0.1, 0.15) is 83.3 Å². The molecule has 2 saturated heterocycles. The zero-order valence-corrected chi connectivity index (χ0v) is 26.6. The summed E-state index contributed by atoms with van der Waals surface area (Å²) in [5.41, 5.74) is 2.13. The van der Waals surface area contributed by atoms with Gasteiger partial charge < -0.3 is 19.7 Å². The Kier molecular flexibility index (Phi) is 10.1. The molecule has 0 radical (unpaired) electrons. The van der Waals surface area contributed by atoms with Gasteiger partial charge in [0.15, 0.2) is 5.78 Å². The summed E-state index contributed by atoms with van der Waals surface area (Å²) >= 11 is 0. The number of pyridine rings is 1. The van der Waals surface area contributed by atoms with Crippen LogP contribution in [0, 0.1) is 12.8 Å². The number of ketones is 1. The van der Waals surface area contributed by atoms with Gasteiger partial charge in [-0.25, -0.2) is 4.39 Å². The fourth-order valence-corrected chi connectivity index (χ4v) is 6.50. The van der Waals surface area contributed by atoms with E-state index in [2.05, 4.69) is 24.1 Å². The number of nitrogens with one attached hydrogen (secondary N) is 1. The molecule has 9 heteroatoms. The number of allylic oxidation sites excluding steroid dienone is 4. The molecule has 2 aromatic rings. The van der Waals surface area contributed by atoms with Gasteiger partial charge >= 0.3 is 0 Å². The summed E-state index contributed by atoms with van der Waals surface area (Å²) in [7, 11) is 0. The van der Waals surface area contributed by atoms with E-state index in [1.54, 1.807) is 29.6 Å². The van der Waals surface area contributed by atoms with Gasteiger partial charge in [-0.15, -0.1) is 0 Å². The highest BCUT2D eigenvalue weighted by Crippen LogP contribution is 2.32. The predicted molar refractivity (Wildman–Crippen MR) is 169 cm³/mol. The van der Waals surface area contributed by atoms with Crippen LogP contribution in [0.2, 0.25) is 0 Å². The first-order chi connectivity index (χ1) is 20.3. The quantitative estimate of drug-likeness (QED) is 0.226. The predicted octanol–water partition coefficient (Wildman–Crippen LogP) is 5.82. The standard InChI is InChI=1S/C34H46FN5O3/c1-22(2)40(23(3)4)30(41)11-10-26(35)9-8-18-39-24(5)31(27-13-17-36-21-29(27)39)32(42)25-14-19-38(20-15-25)33(43)28-12-16-34(6,7)37-28/h8-11,13,17-18,21-23,25,28,37H,12,14-16,19-20H2,1-7H3/b11-10+,18-8+,26-9+. The molecule has 4 rings (SSSR count). The molecule has 2 amide bonds. The van der Waals surface area contributed by atoms with Crippen LogP contribution in [0.3, 0.4) is 0 Å². The second-order valence-corrected chi connectivity index (χ2v) is 13.0. The average molecular weight is 592 g/mol. The number of Topliss-reactive ketones (excluding diaryl/α,β-unsaturated/α-hetero) is 1. The van der Waals surface area contributed by atoms with Crippen molar-refractivity contribution in [2.75, 3.05) is 13.1 Å². The van der Waals surface area contributed by atoms with Crippen LogP contribution in [-0.4, -0.2) is 73.7 Å². The van der Waals surface area contributed by atoms with Crippen molar-refractivity contribution in [3.63, 3.8) is 0 Å². The van der Waals surface area contributed by atoms with Gasteiger partial charge in [-0.1, -0.05) is 0 Å². The smallest absolute Gasteiger partial charge is 0.247 e. The Bertz CT molecular complexity index is 1440. The molecule has 0 aromatic carbocycles. The molecule has 0 bridgehead atoms. The Balaban J connectivity index is 1.47. The number of halogens is 1. The summed E-state index contributed by atoms with van der Waals surface area (Å²) in [6.07, 6.45) is 13.4. The van der Waals surface area contributed by atoms with E-state index in [0.29, 0.717) is 31.5 Å². The summed E-state index contributed by atoms with van der Waals surface area (Å²) in [4.78, 5) is 47.3. The van der Waals surface area contributed by atoms with Gasteiger partial charge in [0.2, 0.25) is 11.8 Å². The fraction of sp³-hybridized carbons (Fsp3) is 0.529. The lowest BCUT2D eigenvalue weighted by Crippen LogP contribution is -2.50. The van der Waals surface area contributed by atoms with E-state index in [0.717, 1.165) is 29.4 Å². The van der Waals surface area contributed by atoms with Crippen molar-refractivity contribution in [3.05, 3.63) is 59.8 Å². The third-order valence-corrected chi connectivity index (χ3v) is 8.64. The SMILES string of the molecule is Cc1c(C(=O)C2CCN(C(=O)C3CCC(C)(C)N3)CC2)c2ccncc2n1/C=C/C=C(F)\C=C\C(=O)N(C(C)C)C(C)C. The van der Waals surface area contributed by atoms with Crippen LogP contribution in [0.5, 0.6) is 0 Å². The third kappa shape index (κ3) is 7.32. The lowest BCUT2D eigenvalue weighted by Gasteiger charge is -2.33. The second-order valence-electron chi connectivity index (χ2n) is 13.0. The summed E-state index contributed by atoms with van der Waals surface area (Å²) in [6.45, 7) is 15.0. The number of likely N-dealkylation sites (tertiary alicyclic amines) is 1. The molecular weight excluding hydrogens is 545 g/mol. The highest BCUT2D eigenvalue weighted by Gasteiger charge is 2.38. The number of carbonyl (C=O) groups is 3. The van der Waals surface area contributed by atoms with E-state index >= 15 is 0 Å². The number of piperidine rings is 1. The van der Waals surface area contributed by atoms with E-state index < -0.39 is 5.83 Å². The molecule has 2 aliphatic rings. The first kappa shape index (κ1) is 32.3. The molecule has 1 N–H and O–H groups in total. The first-order valence-electron chi connectivity index (χ1n) is 15.4. The lowest BCUT2D eigenvalue weighted by atomic mass is 9.87. The van der Waals surface area contributed by atoms with Crippen LogP contribution in [0.4, 0.5) is 4.39 Å². The van der Waals surface area contributed by atoms with Crippen LogP contribution < -0.4 is 5.32 Å². The van der Waals surface area contributed by atoms with E-state index in [-0.39, 0.29) is 47.2 Å². The van der Waals surface area contributed by atoms with Crippen molar-refractivity contribution >= 4 is 34.7 Å². The highest BCUT2D eigenvalue weighted by atomic mass is 19.1. The third-order valence-electron chi connectivity index (χ3n) is 8.64. The zero-order valence-electron chi connectivity index (χ0n) is 26.6. The number of rotatable bonds is 9. The Morgan fingerprint density at radius 1 is 1.09 bits per heavy atom. The normalized spacial score (nSPS) is 19.9. The molecule has 2 aliphatic heterocycles. The van der Waals surface area contributed by atoms with Crippen LogP contribution in [0.25, 0.3) is 17.1 Å². The maximum atomic E-state index is 14.6. The number of nitrogens with zero attached hydrogens (tertiary/aromatic N) is 4. The van der Waals surface area contributed by atoms with Crippen molar-refractivity contribution in [2.45, 2.75) is 97.8 Å². The number of hydrogen-bond acceptors (Lipinski definition) is 5. The Hall–Kier alpha value is -3.59. The van der Waals surface area contributed by atoms with Gasteiger partial charge in [-0.3, -0.25) is 19.4 Å². The highest BCUT2D eigenvalue weighted by molar-refractivity contribution is 6.11. The van der Waals surface area contributed by atoms with Crippen molar-refractivity contribution < 1.29 is 18.8 Å². The summed E-state index contributed by atoms with van der Waals surface area (Å²) in [6, 6.07) is 1.71. The molecule has 0 spiro atoms. The molecule has 0 saturated carbocycles. The number of aromatic nitrogens is 2. The zero-order chi connectivity index (χ0) is 31.5. The van der Waals surface area contributed by atoms with Crippen molar-refractivity contribution in [3.8, 4) is 0 Å². The molecule has 8 nitrogen and oxygen atoms in total. The minimum Gasteiger partial charge on any atom is -0.341 e. The Morgan fingerprint density at radius 2 is 1.77 bits per heavy atom. The lowest BCUT2D eigenvalue weighted by molar-refractivity contribution is -0.134. The largest absolute Gasteiger partial charge is 0.341 e. The van der Waals surface area contributed by atoms with Crippen LogP contribution in [0.15, 0.2) is 48.6 Å². The van der Waals surface area contributed by atoms with Gasteiger partial charge in [0.25, 0.3) is 0 Å². The van der Waals surface area contributed by atoms with Crippen molar-refractivity contribution in [1.82, 2.24) is 24.7 Å². The molecule has 1 unspecified atom stereocenters. The van der Waals surface area contributed by atoms with Crippen LogP contribution >= 0.6 is 0 Å². The molecule has 2 fully saturated rings. The van der Waals surface area contributed by atoms with Gasteiger partial charge in [0, 0.05) is 71.7 Å². The minimum atomic E-state index is -0.557. The fourth-order valence-electron chi connectivity index (χ4n) is 6.50. The van der Waals surface area contributed by atoms with Gasteiger partial charge in [0.1, 0.15) is 5.83 Å². The van der Waals surface area contributed by atoms with Crippen molar-refractivity contribution in [2.24, 2.45) is 5.92 Å². The average Bonchev–Trinajstić information content (AvgIpc) is 3.46. The molecule has 232 valence electrons. The molecule has 0 aliphatic carbocycles. The van der Waals surface area contributed by atoms with E-state index in [1.165, 1.54) is 18.2 Å². The monoisotopic (exact) mass is 591 g/mol. The molecule has 43 heavy (non-hydrogen) atoms. The van der Waals surface area contributed by atoms with Gasteiger partial charge in [-0.05, 0) is 98.4 Å². The maximum Gasteiger partial charge on any atom is 0.247 e. The van der Waals surface area contributed by atoms with E-state index in [4.69, 9.17) is 0 Å². The summed E-state index contributed by atoms with van der Waals surface area (Å²) in [5.74, 6) is -0.775. The maximum absolute atomic E-state index is 14.6. The Labute approximate surface area is 254 Å². The van der Waals surface area contributed by atoms with E-state index in [1.807, 2.05) is 50.2 Å². The van der Waals surface area contributed by atoms with Crippen LogP contribution in [-0.2, 0) is 9.59 Å². The number of fused-ring (bicyclic) bond motifs is 1. The molecule has 4 heterocycles.